The summed E-state index contributed by atoms with van der Waals surface area (Å²) < 4.78 is 12.5. The molecule has 0 fully saturated rings. The Balaban J connectivity index is 1.49. The highest BCUT2D eigenvalue weighted by atomic mass is 32.1. The van der Waals surface area contributed by atoms with Gasteiger partial charge >= 0.3 is 0 Å². The lowest BCUT2D eigenvalue weighted by Gasteiger charge is -2.04. The van der Waals surface area contributed by atoms with Crippen molar-refractivity contribution in [1.82, 2.24) is 9.55 Å². The van der Waals surface area contributed by atoms with E-state index in [1.165, 1.54) is 23.7 Å². The third kappa shape index (κ3) is 3.66. The van der Waals surface area contributed by atoms with Gasteiger partial charge in [0.2, 0.25) is 11.2 Å². The van der Waals surface area contributed by atoms with Crippen LogP contribution in [0.4, 0.5) is 5.13 Å². The first-order valence-electron chi connectivity index (χ1n) is 8.96. The number of carbonyl (C=O) groups excluding carboxylic acids is 1. The third-order valence-corrected chi connectivity index (χ3v) is 5.45. The summed E-state index contributed by atoms with van der Waals surface area (Å²) >= 11 is 1.34. The number of nitrogens with one attached hydrogen (secondary N) is 1. The summed E-state index contributed by atoms with van der Waals surface area (Å²) in [5.41, 5.74) is 3.75. The highest BCUT2D eigenvalue weighted by Crippen LogP contribution is 2.35. The van der Waals surface area contributed by atoms with Gasteiger partial charge in [-0.2, -0.15) is 0 Å². The van der Waals surface area contributed by atoms with E-state index in [4.69, 9.17) is 9.15 Å². The molecule has 1 N–H and O–H groups in total. The van der Waals surface area contributed by atoms with Gasteiger partial charge in [0.05, 0.1) is 5.69 Å². The van der Waals surface area contributed by atoms with Crippen LogP contribution < -0.4 is 15.5 Å². The summed E-state index contributed by atoms with van der Waals surface area (Å²) in [4.78, 5) is 28.5. The number of thiazole rings is 1. The van der Waals surface area contributed by atoms with Crippen molar-refractivity contribution in [1.29, 1.82) is 0 Å². The fourth-order valence-corrected chi connectivity index (χ4v) is 3.91. The van der Waals surface area contributed by atoms with E-state index in [0.29, 0.717) is 10.9 Å². The molecule has 7 nitrogen and oxygen atoms in total. The van der Waals surface area contributed by atoms with Gasteiger partial charge in [0.1, 0.15) is 12.0 Å². The molecule has 148 valence electrons. The number of benzene rings is 1. The average Bonchev–Trinajstić information content (AvgIpc) is 3.24. The molecule has 0 spiro atoms. The molecule has 1 aromatic carbocycles. The van der Waals surface area contributed by atoms with Crippen molar-refractivity contribution in [2.45, 2.75) is 13.8 Å². The maximum atomic E-state index is 12.2. The summed E-state index contributed by atoms with van der Waals surface area (Å²) in [6, 6.07) is 9.45. The van der Waals surface area contributed by atoms with E-state index in [0.717, 1.165) is 27.9 Å². The zero-order valence-electron chi connectivity index (χ0n) is 16.2. The van der Waals surface area contributed by atoms with Crippen molar-refractivity contribution >= 4 is 33.3 Å². The van der Waals surface area contributed by atoms with E-state index >= 15 is 0 Å². The number of aryl methyl sites for hydroxylation is 2. The molecular formula is C21H19N3O4S. The van der Waals surface area contributed by atoms with Gasteiger partial charge in [-0.1, -0.05) is 18.2 Å². The van der Waals surface area contributed by atoms with Gasteiger partial charge in [-0.15, -0.1) is 11.3 Å². The van der Waals surface area contributed by atoms with E-state index in [-0.39, 0.29) is 17.8 Å². The number of para-hydroxylation sites is 1. The predicted octanol–water partition coefficient (Wildman–Crippen LogP) is 3.89. The molecule has 0 saturated heterocycles. The summed E-state index contributed by atoms with van der Waals surface area (Å²) in [6.07, 6.45) is 1.20. The normalized spacial score (nSPS) is 11.0. The van der Waals surface area contributed by atoms with Crippen LogP contribution in [0, 0.1) is 13.8 Å². The predicted molar refractivity (Wildman–Crippen MR) is 113 cm³/mol. The Hall–Kier alpha value is -3.39. The summed E-state index contributed by atoms with van der Waals surface area (Å²) in [7, 11) is 2.02. The van der Waals surface area contributed by atoms with Crippen LogP contribution in [-0.2, 0) is 11.8 Å². The van der Waals surface area contributed by atoms with Gasteiger partial charge in [0.25, 0.3) is 5.91 Å². The molecule has 4 aromatic rings. The van der Waals surface area contributed by atoms with Crippen molar-refractivity contribution in [3.05, 3.63) is 63.7 Å². The van der Waals surface area contributed by atoms with Gasteiger partial charge < -0.3 is 13.7 Å². The van der Waals surface area contributed by atoms with Crippen LogP contribution >= 0.6 is 11.3 Å². The van der Waals surface area contributed by atoms with Crippen LogP contribution in [-0.4, -0.2) is 22.1 Å². The number of ether oxygens (including phenoxy) is 1. The van der Waals surface area contributed by atoms with Crippen LogP contribution in [0.5, 0.6) is 5.75 Å². The molecule has 1 amide bonds. The Bertz CT molecular complexity index is 1270. The van der Waals surface area contributed by atoms with E-state index in [1.54, 1.807) is 6.92 Å². The maximum absolute atomic E-state index is 12.2. The van der Waals surface area contributed by atoms with Gasteiger partial charge in [0, 0.05) is 40.7 Å². The molecule has 0 atom stereocenters. The first kappa shape index (κ1) is 18.9. The molecule has 0 saturated carbocycles. The van der Waals surface area contributed by atoms with Gasteiger partial charge in [0.15, 0.2) is 11.7 Å². The number of hydrogen-bond acceptors (Lipinski definition) is 6. The minimum atomic E-state index is -0.402. The number of amides is 1. The summed E-state index contributed by atoms with van der Waals surface area (Å²) in [5, 5.41) is 6.21. The Morgan fingerprint density at radius 1 is 1.31 bits per heavy atom. The topological polar surface area (TPSA) is 86.4 Å². The highest BCUT2D eigenvalue weighted by molar-refractivity contribution is 7.14. The number of fused-ring (bicyclic) bond motifs is 1. The SMILES string of the molecule is Cc1cc(=O)c(OCC(=O)Nc2nc(-c3c(C)n(C)c4ccccc34)cs2)co1. The monoisotopic (exact) mass is 409 g/mol. The van der Waals surface area contributed by atoms with Crippen LogP contribution in [0.2, 0.25) is 0 Å². The van der Waals surface area contributed by atoms with Crippen molar-refractivity contribution < 1.29 is 13.9 Å². The van der Waals surface area contributed by atoms with Gasteiger partial charge in [-0.05, 0) is 19.9 Å². The van der Waals surface area contributed by atoms with Crippen LogP contribution in [0.25, 0.3) is 22.2 Å². The third-order valence-electron chi connectivity index (χ3n) is 4.69. The standard InChI is InChI=1S/C21H19N3O4S/c1-12-8-17(25)18(9-27-12)28-10-19(26)23-21-22-15(11-29-21)20-13(2)24(3)16-7-5-4-6-14(16)20/h4-9,11H,10H2,1-3H3,(H,22,23,26). The number of nitrogens with zero attached hydrogens (tertiary/aromatic N) is 2. The Morgan fingerprint density at radius 2 is 2.10 bits per heavy atom. The van der Waals surface area contributed by atoms with Gasteiger partial charge in [-0.25, -0.2) is 4.98 Å². The number of carbonyl (C=O) groups is 1. The van der Waals surface area contributed by atoms with E-state index < -0.39 is 5.91 Å². The lowest BCUT2D eigenvalue weighted by molar-refractivity contribution is -0.118. The molecule has 8 heteroatoms. The Labute approximate surface area is 170 Å². The molecular weight excluding hydrogens is 390 g/mol. The first-order chi connectivity index (χ1) is 13.9. The van der Waals surface area contributed by atoms with Crippen LogP contribution in [0.15, 0.2) is 51.2 Å². The largest absolute Gasteiger partial charge is 0.477 e. The molecule has 29 heavy (non-hydrogen) atoms. The highest BCUT2D eigenvalue weighted by Gasteiger charge is 2.17. The number of anilines is 1. The number of aromatic nitrogens is 2. The van der Waals surface area contributed by atoms with Crippen molar-refractivity contribution in [3.8, 4) is 17.0 Å². The molecule has 0 unspecified atom stereocenters. The maximum Gasteiger partial charge on any atom is 0.264 e. The Morgan fingerprint density at radius 3 is 2.90 bits per heavy atom. The molecule has 0 aliphatic rings. The van der Waals surface area contributed by atoms with E-state index in [2.05, 4.69) is 27.0 Å². The summed E-state index contributed by atoms with van der Waals surface area (Å²) in [5.74, 6) is 0.0725. The lowest BCUT2D eigenvalue weighted by Crippen LogP contribution is -2.22. The number of hydrogen-bond donors (Lipinski definition) is 1. The molecule has 0 aliphatic carbocycles. The second-order valence-electron chi connectivity index (χ2n) is 6.63. The average molecular weight is 409 g/mol. The minimum absolute atomic E-state index is 0.00282. The molecule has 3 heterocycles. The van der Waals surface area contributed by atoms with Crippen LogP contribution in [0.3, 0.4) is 0 Å². The van der Waals surface area contributed by atoms with Crippen molar-refractivity contribution in [3.63, 3.8) is 0 Å². The Kier molecular flexibility index (Phi) is 4.94. The van der Waals surface area contributed by atoms with E-state index in [9.17, 15) is 9.59 Å². The zero-order valence-corrected chi connectivity index (χ0v) is 17.0. The summed E-state index contributed by atoms with van der Waals surface area (Å²) in [6.45, 7) is 3.40. The molecule has 0 aliphatic heterocycles. The van der Waals surface area contributed by atoms with E-state index in [1.807, 2.05) is 31.5 Å². The lowest BCUT2D eigenvalue weighted by atomic mass is 10.1. The van der Waals surface area contributed by atoms with Gasteiger partial charge in [-0.3, -0.25) is 14.9 Å². The molecule has 0 bridgehead atoms. The molecule has 4 rings (SSSR count). The van der Waals surface area contributed by atoms with Crippen molar-refractivity contribution in [2.75, 3.05) is 11.9 Å². The quantitative estimate of drug-likeness (QED) is 0.540. The fourth-order valence-electron chi connectivity index (χ4n) is 3.19. The van der Waals surface area contributed by atoms with Crippen molar-refractivity contribution in [2.24, 2.45) is 7.05 Å². The fraction of sp³-hybridized carbons (Fsp3) is 0.190. The second kappa shape index (κ2) is 7.56. The smallest absolute Gasteiger partial charge is 0.264 e. The first-order valence-corrected chi connectivity index (χ1v) is 9.84. The molecule has 3 aromatic heterocycles. The van der Waals surface area contributed by atoms with Crippen LogP contribution in [0.1, 0.15) is 11.5 Å². The zero-order chi connectivity index (χ0) is 20.5. The molecule has 0 radical (unpaired) electrons. The minimum Gasteiger partial charge on any atom is -0.477 e. The number of rotatable bonds is 5. The second-order valence-corrected chi connectivity index (χ2v) is 7.49.